The summed E-state index contributed by atoms with van der Waals surface area (Å²) in [6, 6.07) is 20.1. The van der Waals surface area contributed by atoms with Crippen LogP contribution in [0.2, 0.25) is 0 Å². The lowest BCUT2D eigenvalue weighted by Crippen LogP contribution is -2.51. The SMILES string of the molecule is CCCNC(=O)[C@@H](C)N(Cc1ccc(OC)cc1)C(=O)CN(c1ccccc1CC)S(=O)(=O)c1ccc(C)cc1. The van der Waals surface area contributed by atoms with Crippen molar-refractivity contribution in [2.75, 3.05) is 24.5 Å². The molecule has 9 heteroatoms. The molecule has 0 aliphatic rings. The number of methoxy groups -OCH3 is 1. The van der Waals surface area contributed by atoms with E-state index in [-0.39, 0.29) is 17.3 Å². The number of aryl methyl sites for hydroxylation is 2. The van der Waals surface area contributed by atoms with E-state index in [1.54, 1.807) is 62.6 Å². The molecule has 0 spiro atoms. The minimum atomic E-state index is -4.11. The van der Waals surface area contributed by atoms with E-state index >= 15 is 0 Å². The summed E-state index contributed by atoms with van der Waals surface area (Å²) in [6.07, 6.45) is 1.33. The molecule has 0 radical (unpaired) electrons. The van der Waals surface area contributed by atoms with Gasteiger partial charge in [0.15, 0.2) is 0 Å². The van der Waals surface area contributed by atoms with Crippen LogP contribution in [0.1, 0.15) is 43.9 Å². The van der Waals surface area contributed by atoms with E-state index in [1.165, 1.54) is 4.90 Å². The predicted molar refractivity (Wildman–Crippen MR) is 158 cm³/mol. The molecule has 2 amide bonds. The summed E-state index contributed by atoms with van der Waals surface area (Å²) >= 11 is 0. The first kappa shape index (κ1) is 30.7. The van der Waals surface area contributed by atoms with Crippen molar-refractivity contribution in [3.8, 4) is 5.75 Å². The van der Waals surface area contributed by atoms with Crippen molar-refractivity contribution in [2.45, 2.75) is 58.0 Å². The Kier molecular flexibility index (Phi) is 10.7. The van der Waals surface area contributed by atoms with Crippen molar-refractivity contribution < 1.29 is 22.7 Å². The van der Waals surface area contributed by atoms with E-state index in [0.717, 1.165) is 27.4 Å². The summed E-state index contributed by atoms with van der Waals surface area (Å²) < 4.78 is 34.4. The number of anilines is 1. The smallest absolute Gasteiger partial charge is 0.264 e. The fraction of sp³-hybridized carbons (Fsp3) is 0.355. The first-order valence-corrected chi connectivity index (χ1v) is 14.9. The molecule has 214 valence electrons. The lowest BCUT2D eigenvalue weighted by molar-refractivity contribution is -0.139. The third-order valence-corrected chi connectivity index (χ3v) is 8.53. The highest BCUT2D eigenvalue weighted by atomic mass is 32.2. The lowest BCUT2D eigenvalue weighted by Gasteiger charge is -2.32. The lowest BCUT2D eigenvalue weighted by atomic mass is 10.1. The van der Waals surface area contributed by atoms with Crippen LogP contribution in [0.5, 0.6) is 5.75 Å². The third kappa shape index (κ3) is 7.41. The van der Waals surface area contributed by atoms with Gasteiger partial charge in [-0.05, 0) is 68.1 Å². The fourth-order valence-electron chi connectivity index (χ4n) is 4.31. The maximum absolute atomic E-state index is 14.0. The molecule has 0 aliphatic carbocycles. The summed E-state index contributed by atoms with van der Waals surface area (Å²) in [5.41, 5.74) is 2.94. The Balaban J connectivity index is 2.04. The monoisotopic (exact) mass is 565 g/mol. The van der Waals surface area contributed by atoms with Crippen LogP contribution in [-0.4, -0.2) is 51.4 Å². The molecular weight excluding hydrogens is 526 g/mol. The first-order valence-electron chi connectivity index (χ1n) is 13.5. The molecule has 0 aromatic heterocycles. The number of amides is 2. The average molecular weight is 566 g/mol. The van der Waals surface area contributed by atoms with E-state index in [1.807, 2.05) is 45.0 Å². The number of sulfonamides is 1. The average Bonchev–Trinajstić information content (AvgIpc) is 2.97. The Morgan fingerprint density at radius 2 is 1.60 bits per heavy atom. The Morgan fingerprint density at radius 1 is 0.950 bits per heavy atom. The van der Waals surface area contributed by atoms with Crippen LogP contribution in [0.4, 0.5) is 5.69 Å². The molecule has 3 aromatic rings. The van der Waals surface area contributed by atoms with Gasteiger partial charge < -0.3 is 15.0 Å². The quantitative estimate of drug-likeness (QED) is 0.324. The van der Waals surface area contributed by atoms with Crippen LogP contribution < -0.4 is 14.4 Å². The molecule has 0 heterocycles. The third-order valence-electron chi connectivity index (χ3n) is 6.76. The highest BCUT2D eigenvalue weighted by Gasteiger charge is 2.33. The Bertz CT molecular complexity index is 1390. The Morgan fingerprint density at radius 3 is 2.20 bits per heavy atom. The van der Waals surface area contributed by atoms with Gasteiger partial charge in [-0.25, -0.2) is 8.42 Å². The number of para-hydroxylation sites is 1. The Labute approximate surface area is 238 Å². The number of nitrogens with zero attached hydrogens (tertiary/aromatic N) is 2. The number of carbonyl (C=O) groups is 2. The van der Waals surface area contributed by atoms with Gasteiger partial charge in [-0.1, -0.05) is 61.9 Å². The van der Waals surface area contributed by atoms with Crippen molar-refractivity contribution in [3.05, 3.63) is 89.5 Å². The Hall–Kier alpha value is -3.85. The molecule has 0 saturated carbocycles. The number of ether oxygens (including phenoxy) is 1. The molecule has 1 atom stereocenters. The summed E-state index contributed by atoms with van der Waals surface area (Å²) in [5, 5.41) is 2.85. The van der Waals surface area contributed by atoms with Crippen molar-refractivity contribution in [1.29, 1.82) is 0 Å². The second-order valence-corrected chi connectivity index (χ2v) is 11.5. The molecule has 0 saturated heterocycles. The summed E-state index contributed by atoms with van der Waals surface area (Å²) in [6.45, 7) is 7.56. The van der Waals surface area contributed by atoms with Crippen LogP contribution in [-0.2, 0) is 32.6 Å². The van der Waals surface area contributed by atoms with E-state index in [0.29, 0.717) is 24.4 Å². The highest BCUT2D eigenvalue weighted by molar-refractivity contribution is 7.92. The van der Waals surface area contributed by atoms with E-state index in [9.17, 15) is 18.0 Å². The standard InChI is InChI=1S/C31H39N3O5S/c1-6-20-32-31(36)24(4)33(21-25-14-16-27(39-5)17-15-25)30(35)22-34(29-11-9-8-10-26(29)7-2)40(37,38)28-18-12-23(3)13-19-28/h8-19,24H,6-7,20-22H2,1-5H3,(H,32,36)/t24-/m1/s1. The van der Waals surface area contributed by atoms with Crippen molar-refractivity contribution in [2.24, 2.45) is 0 Å². The zero-order valence-electron chi connectivity index (χ0n) is 23.9. The molecule has 0 aliphatic heterocycles. The van der Waals surface area contributed by atoms with Gasteiger partial charge in [-0.3, -0.25) is 13.9 Å². The fourth-order valence-corrected chi connectivity index (χ4v) is 5.76. The van der Waals surface area contributed by atoms with Gasteiger partial charge in [-0.15, -0.1) is 0 Å². The highest BCUT2D eigenvalue weighted by Crippen LogP contribution is 2.28. The van der Waals surface area contributed by atoms with Crippen molar-refractivity contribution >= 4 is 27.5 Å². The predicted octanol–water partition coefficient (Wildman–Crippen LogP) is 4.70. The van der Waals surface area contributed by atoms with E-state index in [2.05, 4.69) is 5.32 Å². The zero-order valence-corrected chi connectivity index (χ0v) is 24.7. The van der Waals surface area contributed by atoms with E-state index in [4.69, 9.17) is 4.74 Å². The molecular formula is C31H39N3O5S. The number of benzene rings is 3. The molecule has 0 fully saturated rings. The summed E-state index contributed by atoms with van der Waals surface area (Å²) in [5.74, 6) is -0.121. The molecule has 0 bridgehead atoms. The molecule has 8 nitrogen and oxygen atoms in total. The molecule has 40 heavy (non-hydrogen) atoms. The van der Waals surface area contributed by atoms with Gasteiger partial charge in [0.1, 0.15) is 18.3 Å². The van der Waals surface area contributed by atoms with Gasteiger partial charge in [0.25, 0.3) is 10.0 Å². The number of nitrogens with one attached hydrogen (secondary N) is 1. The van der Waals surface area contributed by atoms with Gasteiger partial charge in [0, 0.05) is 13.1 Å². The summed E-state index contributed by atoms with van der Waals surface area (Å²) in [7, 11) is -2.53. The van der Waals surface area contributed by atoms with Crippen LogP contribution in [0.3, 0.4) is 0 Å². The van der Waals surface area contributed by atoms with Gasteiger partial charge in [-0.2, -0.15) is 0 Å². The molecule has 1 N–H and O–H groups in total. The number of hydrogen-bond donors (Lipinski definition) is 1. The maximum atomic E-state index is 14.0. The van der Waals surface area contributed by atoms with Crippen LogP contribution in [0, 0.1) is 6.92 Å². The second kappa shape index (κ2) is 14.0. The normalized spacial score (nSPS) is 11.9. The van der Waals surface area contributed by atoms with Crippen LogP contribution >= 0.6 is 0 Å². The largest absolute Gasteiger partial charge is 0.497 e. The number of rotatable bonds is 13. The molecule has 3 aromatic carbocycles. The van der Waals surface area contributed by atoms with Crippen LogP contribution in [0.25, 0.3) is 0 Å². The van der Waals surface area contributed by atoms with Gasteiger partial charge in [0.2, 0.25) is 11.8 Å². The minimum absolute atomic E-state index is 0.0900. The minimum Gasteiger partial charge on any atom is -0.497 e. The topological polar surface area (TPSA) is 96.0 Å². The zero-order chi connectivity index (χ0) is 29.3. The maximum Gasteiger partial charge on any atom is 0.264 e. The first-order chi connectivity index (χ1) is 19.1. The summed E-state index contributed by atoms with van der Waals surface area (Å²) in [4.78, 5) is 28.5. The number of hydrogen-bond acceptors (Lipinski definition) is 5. The van der Waals surface area contributed by atoms with Gasteiger partial charge in [0.05, 0.1) is 17.7 Å². The van der Waals surface area contributed by atoms with Crippen molar-refractivity contribution in [1.82, 2.24) is 10.2 Å². The van der Waals surface area contributed by atoms with Crippen molar-refractivity contribution in [3.63, 3.8) is 0 Å². The molecule has 3 rings (SSSR count). The van der Waals surface area contributed by atoms with Gasteiger partial charge >= 0.3 is 0 Å². The molecule has 0 unspecified atom stereocenters. The van der Waals surface area contributed by atoms with E-state index < -0.39 is 28.5 Å². The van der Waals surface area contributed by atoms with Crippen LogP contribution in [0.15, 0.2) is 77.7 Å². The second-order valence-electron chi connectivity index (χ2n) is 9.64. The number of carbonyl (C=O) groups excluding carboxylic acids is 2.